The predicted octanol–water partition coefficient (Wildman–Crippen LogP) is 2.67. The molecule has 0 spiro atoms. The Morgan fingerprint density at radius 3 is 2.53 bits per heavy atom. The lowest BCUT2D eigenvalue weighted by Crippen LogP contribution is -2.37. The summed E-state index contributed by atoms with van der Waals surface area (Å²) in [6.07, 6.45) is 3.98. The summed E-state index contributed by atoms with van der Waals surface area (Å²) in [5.74, 6) is 3.15. The Kier molecular flexibility index (Phi) is 3.60. The van der Waals surface area contributed by atoms with E-state index in [1.54, 1.807) is 11.8 Å². The summed E-state index contributed by atoms with van der Waals surface area (Å²) in [6, 6.07) is 2.50. The summed E-state index contributed by atoms with van der Waals surface area (Å²) in [6.45, 7) is 4.65. The molecule has 0 amide bonds. The zero-order valence-electron chi connectivity index (χ0n) is 11.2. The van der Waals surface area contributed by atoms with Gasteiger partial charge >= 0.3 is 0 Å². The second-order valence-electron chi connectivity index (χ2n) is 5.25. The highest BCUT2D eigenvalue weighted by molar-refractivity contribution is 5.40. The van der Waals surface area contributed by atoms with Crippen LogP contribution in [0.25, 0.3) is 0 Å². The van der Waals surface area contributed by atoms with Crippen LogP contribution < -0.4 is 10.1 Å². The molecule has 0 bridgehead atoms. The molecule has 2 atom stereocenters. The van der Waals surface area contributed by atoms with Crippen LogP contribution in [-0.2, 0) is 7.05 Å². The number of aromatic nitrogens is 2. The molecule has 2 unspecified atom stereocenters. The zero-order chi connectivity index (χ0) is 12.4. The maximum atomic E-state index is 5.23. The number of anilines is 1. The Hall–Kier alpha value is -1.19. The summed E-state index contributed by atoms with van der Waals surface area (Å²) in [7, 11) is 3.57. The summed E-state index contributed by atoms with van der Waals surface area (Å²) in [5, 5.41) is 7.99. The molecule has 1 aliphatic rings. The largest absolute Gasteiger partial charge is 0.481 e. The molecule has 1 aliphatic carbocycles. The van der Waals surface area contributed by atoms with Crippen molar-refractivity contribution in [2.45, 2.75) is 39.2 Å². The van der Waals surface area contributed by atoms with Crippen LogP contribution >= 0.6 is 0 Å². The highest BCUT2D eigenvalue weighted by Gasteiger charge is 2.28. The molecule has 1 aromatic heterocycles. The van der Waals surface area contributed by atoms with E-state index in [9.17, 15) is 0 Å². The molecule has 1 fully saturated rings. The van der Waals surface area contributed by atoms with Gasteiger partial charge in [-0.15, -0.1) is 0 Å². The van der Waals surface area contributed by atoms with Gasteiger partial charge in [-0.2, -0.15) is 5.10 Å². The first-order chi connectivity index (χ1) is 8.11. The summed E-state index contributed by atoms with van der Waals surface area (Å²) < 4.78 is 6.99. The normalized spacial score (nSPS) is 29.1. The number of hydrogen-bond donors (Lipinski definition) is 1. The molecule has 0 radical (unpaired) electrons. The van der Waals surface area contributed by atoms with Crippen molar-refractivity contribution in [3.63, 3.8) is 0 Å². The van der Waals surface area contributed by atoms with Crippen LogP contribution in [0, 0.1) is 11.8 Å². The van der Waals surface area contributed by atoms with Gasteiger partial charge in [-0.1, -0.05) is 20.3 Å². The van der Waals surface area contributed by atoms with Crippen molar-refractivity contribution >= 4 is 5.82 Å². The van der Waals surface area contributed by atoms with Gasteiger partial charge < -0.3 is 10.1 Å². The fourth-order valence-corrected chi connectivity index (χ4v) is 2.85. The van der Waals surface area contributed by atoms with Crippen LogP contribution in [0.3, 0.4) is 0 Å². The van der Waals surface area contributed by atoms with Gasteiger partial charge in [-0.25, -0.2) is 4.68 Å². The lowest BCUT2D eigenvalue weighted by molar-refractivity contribution is 0.267. The lowest BCUT2D eigenvalue weighted by Gasteiger charge is -2.35. The Bertz CT molecular complexity index is 365. The quantitative estimate of drug-likeness (QED) is 0.878. The molecule has 96 valence electrons. The fraction of sp³-hybridized carbons (Fsp3) is 0.769. The number of hydrogen-bond acceptors (Lipinski definition) is 3. The van der Waals surface area contributed by atoms with E-state index in [1.807, 2.05) is 13.1 Å². The summed E-state index contributed by atoms with van der Waals surface area (Å²) in [4.78, 5) is 0. The van der Waals surface area contributed by atoms with Gasteiger partial charge in [0.05, 0.1) is 7.11 Å². The summed E-state index contributed by atoms with van der Waals surface area (Å²) >= 11 is 0. The first-order valence-corrected chi connectivity index (χ1v) is 6.46. The molecule has 0 saturated heterocycles. The van der Waals surface area contributed by atoms with E-state index in [-0.39, 0.29) is 0 Å². The number of ether oxygens (including phenoxy) is 1. The highest BCUT2D eigenvalue weighted by Crippen LogP contribution is 2.31. The molecular formula is C13H23N3O. The van der Waals surface area contributed by atoms with Crippen molar-refractivity contribution in [2.75, 3.05) is 12.4 Å². The van der Waals surface area contributed by atoms with Crippen LogP contribution in [0.15, 0.2) is 6.07 Å². The standard InChI is InChI=1S/C13H23N3O/c1-9-6-5-7-10(2)13(9)14-11-8-12(17-4)16(3)15-11/h8-10,13H,5-7H2,1-4H3,(H,14,15). The van der Waals surface area contributed by atoms with Crippen LogP contribution in [-0.4, -0.2) is 22.9 Å². The van der Waals surface area contributed by atoms with Gasteiger partial charge in [0.2, 0.25) is 5.88 Å². The Morgan fingerprint density at radius 1 is 1.35 bits per heavy atom. The molecule has 17 heavy (non-hydrogen) atoms. The van der Waals surface area contributed by atoms with Gasteiger partial charge in [0.25, 0.3) is 0 Å². The minimum Gasteiger partial charge on any atom is -0.481 e. The number of nitrogens with zero attached hydrogens (tertiary/aromatic N) is 2. The van der Waals surface area contributed by atoms with Gasteiger partial charge in [-0.3, -0.25) is 0 Å². The van der Waals surface area contributed by atoms with Crippen molar-refractivity contribution in [2.24, 2.45) is 18.9 Å². The molecule has 2 rings (SSSR count). The zero-order valence-corrected chi connectivity index (χ0v) is 11.2. The SMILES string of the molecule is COc1cc(NC2C(C)CCCC2C)nn1C. The average molecular weight is 237 g/mol. The minimum absolute atomic E-state index is 0.531. The lowest BCUT2D eigenvalue weighted by atomic mass is 9.79. The third-order valence-corrected chi connectivity index (χ3v) is 3.91. The van der Waals surface area contributed by atoms with E-state index in [0.29, 0.717) is 17.9 Å². The second-order valence-corrected chi connectivity index (χ2v) is 5.25. The van der Waals surface area contributed by atoms with Crippen LogP contribution in [0.2, 0.25) is 0 Å². The number of aryl methyl sites for hydroxylation is 1. The van der Waals surface area contributed by atoms with Crippen LogP contribution in [0.1, 0.15) is 33.1 Å². The van der Waals surface area contributed by atoms with E-state index < -0.39 is 0 Å². The maximum Gasteiger partial charge on any atom is 0.213 e. The topological polar surface area (TPSA) is 39.1 Å². The second kappa shape index (κ2) is 4.98. The molecule has 1 N–H and O–H groups in total. The molecular weight excluding hydrogens is 214 g/mol. The van der Waals surface area contributed by atoms with E-state index >= 15 is 0 Å². The molecule has 0 aliphatic heterocycles. The van der Waals surface area contributed by atoms with Gasteiger partial charge in [0, 0.05) is 19.2 Å². The maximum absolute atomic E-state index is 5.23. The molecule has 4 heteroatoms. The minimum atomic E-state index is 0.531. The molecule has 1 aromatic rings. The van der Waals surface area contributed by atoms with E-state index in [0.717, 1.165) is 11.7 Å². The Morgan fingerprint density at radius 2 is 2.00 bits per heavy atom. The van der Waals surface area contributed by atoms with Crippen molar-refractivity contribution in [3.8, 4) is 5.88 Å². The highest BCUT2D eigenvalue weighted by atomic mass is 16.5. The molecule has 1 saturated carbocycles. The molecule has 1 heterocycles. The fourth-order valence-electron chi connectivity index (χ4n) is 2.85. The predicted molar refractivity (Wildman–Crippen MR) is 69.3 cm³/mol. The third-order valence-electron chi connectivity index (χ3n) is 3.91. The van der Waals surface area contributed by atoms with Gasteiger partial charge in [0.1, 0.15) is 0 Å². The van der Waals surface area contributed by atoms with Crippen LogP contribution in [0.4, 0.5) is 5.82 Å². The van der Waals surface area contributed by atoms with E-state index in [2.05, 4.69) is 24.3 Å². The first-order valence-electron chi connectivity index (χ1n) is 6.46. The van der Waals surface area contributed by atoms with Crippen molar-refractivity contribution < 1.29 is 4.74 Å². The number of methoxy groups -OCH3 is 1. The molecule has 4 nitrogen and oxygen atoms in total. The van der Waals surface area contributed by atoms with Gasteiger partial charge in [-0.05, 0) is 24.7 Å². The smallest absolute Gasteiger partial charge is 0.213 e. The molecule has 0 aromatic carbocycles. The van der Waals surface area contributed by atoms with Crippen LogP contribution in [0.5, 0.6) is 5.88 Å². The third kappa shape index (κ3) is 2.56. The monoisotopic (exact) mass is 237 g/mol. The number of nitrogens with one attached hydrogen (secondary N) is 1. The van der Waals surface area contributed by atoms with Crippen molar-refractivity contribution in [3.05, 3.63) is 6.07 Å². The van der Waals surface area contributed by atoms with Crippen molar-refractivity contribution in [1.29, 1.82) is 0 Å². The summed E-state index contributed by atoms with van der Waals surface area (Å²) in [5.41, 5.74) is 0. The van der Waals surface area contributed by atoms with Gasteiger partial charge in [0.15, 0.2) is 5.82 Å². The Labute approximate surface area is 103 Å². The Balaban J connectivity index is 2.08. The van der Waals surface area contributed by atoms with E-state index in [1.165, 1.54) is 19.3 Å². The first kappa shape index (κ1) is 12.3. The van der Waals surface area contributed by atoms with E-state index in [4.69, 9.17) is 4.74 Å². The number of rotatable bonds is 3. The van der Waals surface area contributed by atoms with Crippen molar-refractivity contribution in [1.82, 2.24) is 9.78 Å². The average Bonchev–Trinajstić information content (AvgIpc) is 2.64.